The van der Waals surface area contributed by atoms with Crippen LogP contribution in [-0.2, 0) is 10.0 Å². The molecule has 0 amide bonds. The lowest BCUT2D eigenvalue weighted by Crippen LogP contribution is -2.43. The second-order valence-corrected chi connectivity index (χ2v) is 6.92. The number of nitrogens with two attached hydrogens (primary N) is 1. The summed E-state index contributed by atoms with van der Waals surface area (Å²) in [6.07, 6.45) is 2.51. The van der Waals surface area contributed by atoms with E-state index in [0.717, 1.165) is 19.3 Å². The summed E-state index contributed by atoms with van der Waals surface area (Å²) in [5.74, 6) is 0. The Bertz CT molecular complexity index is 548. The molecule has 2 rings (SSSR count). The third-order valence-corrected chi connectivity index (χ3v) is 5.27. The number of hydrogen-bond acceptors (Lipinski definition) is 3. The van der Waals surface area contributed by atoms with Crippen molar-refractivity contribution in [2.75, 3.05) is 0 Å². The minimum Gasteiger partial charge on any atom is -0.326 e. The lowest BCUT2D eigenvalue weighted by Gasteiger charge is -2.17. The first-order chi connectivity index (χ1) is 8.40. The van der Waals surface area contributed by atoms with Crippen LogP contribution in [0.3, 0.4) is 0 Å². The highest BCUT2D eigenvalue weighted by Crippen LogP contribution is 2.26. The van der Waals surface area contributed by atoms with Gasteiger partial charge in [0, 0.05) is 17.1 Å². The Hall–Kier alpha value is -0.330. The zero-order valence-corrected chi connectivity index (χ0v) is 11.9. The van der Waals surface area contributed by atoms with Gasteiger partial charge in [-0.1, -0.05) is 29.6 Å². The van der Waals surface area contributed by atoms with Crippen molar-refractivity contribution in [2.24, 2.45) is 5.73 Å². The molecule has 2 atom stereocenters. The first-order valence-corrected chi connectivity index (χ1v) is 7.87. The molecule has 1 aliphatic carbocycles. The highest BCUT2D eigenvalue weighted by atomic mass is 35.5. The summed E-state index contributed by atoms with van der Waals surface area (Å²) in [5.41, 5.74) is 5.85. The summed E-state index contributed by atoms with van der Waals surface area (Å²) < 4.78 is 27.0. The Labute approximate surface area is 117 Å². The predicted octanol–water partition coefficient (Wildman–Crippen LogP) is 2.15. The topological polar surface area (TPSA) is 72.2 Å². The molecule has 2 unspecified atom stereocenters. The molecular formula is C11H14Cl2N2O2S. The maximum atomic E-state index is 12.2. The second kappa shape index (κ2) is 5.35. The van der Waals surface area contributed by atoms with E-state index in [1.165, 1.54) is 12.1 Å². The first kappa shape index (κ1) is 14.1. The van der Waals surface area contributed by atoms with Crippen molar-refractivity contribution in [1.82, 2.24) is 4.72 Å². The van der Waals surface area contributed by atoms with E-state index in [4.69, 9.17) is 28.9 Å². The SMILES string of the molecule is NC1CCCC1NS(=O)(=O)c1cc(Cl)ccc1Cl. The fourth-order valence-electron chi connectivity index (χ4n) is 2.08. The molecule has 0 spiro atoms. The maximum absolute atomic E-state index is 12.2. The summed E-state index contributed by atoms with van der Waals surface area (Å²) in [7, 11) is -3.68. The molecule has 0 aliphatic heterocycles. The molecule has 0 bridgehead atoms. The van der Waals surface area contributed by atoms with E-state index >= 15 is 0 Å². The average molecular weight is 309 g/mol. The predicted molar refractivity (Wildman–Crippen MR) is 72.4 cm³/mol. The largest absolute Gasteiger partial charge is 0.326 e. The van der Waals surface area contributed by atoms with Crippen molar-refractivity contribution in [2.45, 2.75) is 36.2 Å². The van der Waals surface area contributed by atoms with E-state index in [1.54, 1.807) is 6.07 Å². The van der Waals surface area contributed by atoms with Crippen LogP contribution in [0.4, 0.5) is 0 Å². The summed E-state index contributed by atoms with van der Waals surface area (Å²) >= 11 is 11.7. The molecule has 1 aromatic rings. The van der Waals surface area contributed by atoms with Gasteiger partial charge < -0.3 is 5.73 Å². The zero-order valence-electron chi connectivity index (χ0n) is 9.57. The number of sulfonamides is 1. The standard InChI is InChI=1S/C11H14Cl2N2O2S/c12-7-4-5-8(13)11(6-7)18(16,17)15-10-3-1-2-9(10)14/h4-6,9-10,15H,1-3,14H2. The van der Waals surface area contributed by atoms with Gasteiger partial charge in [-0.05, 0) is 31.0 Å². The van der Waals surface area contributed by atoms with Crippen LogP contribution >= 0.6 is 23.2 Å². The Kier molecular flexibility index (Phi) is 4.18. The summed E-state index contributed by atoms with van der Waals surface area (Å²) in [5, 5.41) is 0.481. The zero-order chi connectivity index (χ0) is 13.3. The van der Waals surface area contributed by atoms with Gasteiger partial charge in [0.2, 0.25) is 10.0 Å². The van der Waals surface area contributed by atoms with Crippen LogP contribution < -0.4 is 10.5 Å². The van der Waals surface area contributed by atoms with Crippen LogP contribution in [0.5, 0.6) is 0 Å². The Balaban J connectivity index is 2.28. The Morgan fingerprint density at radius 2 is 2.00 bits per heavy atom. The van der Waals surface area contributed by atoms with Crippen molar-refractivity contribution < 1.29 is 8.42 Å². The molecule has 1 aromatic carbocycles. The maximum Gasteiger partial charge on any atom is 0.242 e. The third kappa shape index (κ3) is 2.97. The molecule has 1 fully saturated rings. The highest BCUT2D eigenvalue weighted by molar-refractivity contribution is 7.89. The molecule has 0 heterocycles. The van der Waals surface area contributed by atoms with Gasteiger partial charge in [0.15, 0.2) is 0 Å². The molecule has 18 heavy (non-hydrogen) atoms. The van der Waals surface area contributed by atoms with E-state index in [1.807, 2.05) is 0 Å². The van der Waals surface area contributed by atoms with Crippen LogP contribution in [-0.4, -0.2) is 20.5 Å². The third-order valence-electron chi connectivity index (χ3n) is 3.06. The van der Waals surface area contributed by atoms with E-state index in [9.17, 15) is 8.42 Å². The minimum absolute atomic E-state index is 0.00392. The molecule has 0 saturated heterocycles. The number of hydrogen-bond donors (Lipinski definition) is 2. The van der Waals surface area contributed by atoms with Crippen LogP contribution in [0.15, 0.2) is 23.1 Å². The summed E-state index contributed by atoms with van der Waals surface area (Å²) in [6.45, 7) is 0. The molecule has 0 radical (unpaired) electrons. The van der Waals surface area contributed by atoms with Gasteiger partial charge in [0.25, 0.3) is 0 Å². The van der Waals surface area contributed by atoms with E-state index in [-0.39, 0.29) is 22.0 Å². The highest BCUT2D eigenvalue weighted by Gasteiger charge is 2.29. The second-order valence-electron chi connectivity index (χ2n) is 4.40. The van der Waals surface area contributed by atoms with Gasteiger partial charge in [-0.15, -0.1) is 0 Å². The number of halogens is 2. The van der Waals surface area contributed by atoms with Crippen molar-refractivity contribution >= 4 is 33.2 Å². The molecular weight excluding hydrogens is 295 g/mol. The minimum atomic E-state index is -3.68. The fourth-order valence-corrected chi connectivity index (χ4v) is 4.17. The van der Waals surface area contributed by atoms with Crippen molar-refractivity contribution in [3.8, 4) is 0 Å². The number of nitrogens with one attached hydrogen (secondary N) is 1. The number of rotatable bonds is 3. The smallest absolute Gasteiger partial charge is 0.242 e. The molecule has 0 aromatic heterocycles. The van der Waals surface area contributed by atoms with Crippen LogP contribution in [0.1, 0.15) is 19.3 Å². The van der Waals surface area contributed by atoms with Crippen LogP contribution in [0.2, 0.25) is 10.0 Å². The van der Waals surface area contributed by atoms with Crippen LogP contribution in [0, 0.1) is 0 Å². The lowest BCUT2D eigenvalue weighted by molar-refractivity contribution is 0.522. The van der Waals surface area contributed by atoms with Gasteiger partial charge in [-0.25, -0.2) is 13.1 Å². The Morgan fingerprint density at radius 1 is 1.28 bits per heavy atom. The lowest BCUT2D eigenvalue weighted by atomic mass is 10.2. The molecule has 1 aliphatic rings. The fraction of sp³-hybridized carbons (Fsp3) is 0.455. The molecule has 7 heteroatoms. The van der Waals surface area contributed by atoms with Gasteiger partial charge >= 0.3 is 0 Å². The van der Waals surface area contributed by atoms with Crippen molar-refractivity contribution in [3.05, 3.63) is 28.2 Å². The van der Waals surface area contributed by atoms with Gasteiger partial charge in [0.1, 0.15) is 4.90 Å². The van der Waals surface area contributed by atoms with Gasteiger partial charge in [-0.3, -0.25) is 0 Å². The van der Waals surface area contributed by atoms with E-state index in [2.05, 4.69) is 4.72 Å². The first-order valence-electron chi connectivity index (χ1n) is 5.63. The van der Waals surface area contributed by atoms with Crippen LogP contribution in [0.25, 0.3) is 0 Å². The monoisotopic (exact) mass is 308 g/mol. The Morgan fingerprint density at radius 3 is 2.61 bits per heavy atom. The molecule has 3 N–H and O–H groups in total. The summed E-state index contributed by atoms with van der Waals surface area (Å²) in [4.78, 5) is -0.00392. The number of benzene rings is 1. The normalized spacial score (nSPS) is 24.4. The van der Waals surface area contributed by atoms with Gasteiger partial charge in [0.05, 0.1) is 5.02 Å². The average Bonchev–Trinajstić information content (AvgIpc) is 2.67. The van der Waals surface area contributed by atoms with Gasteiger partial charge in [-0.2, -0.15) is 0 Å². The summed E-state index contributed by atoms with van der Waals surface area (Å²) in [6, 6.07) is 3.98. The molecule has 100 valence electrons. The molecule has 4 nitrogen and oxygen atoms in total. The van der Waals surface area contributed by atoms with E-state index in [0.29, 0.717) is 5.02 Å². The van der Waals surface area contributed by atoms with Crippen molar-refractivity contribution in [1.29, 1.82) is 0 Å². The molecule has 1 saturated carbocycles. The van der Waals surface area contributed by atoms with E-state index < -0.39 is 10.0 Å². The quantitative estimate of drug-likeness (QED) is 0.898. The van der Waals surface area contributed by atoms with Crippen molar-refractivity contribution in [3.63, 3.8) is 0 Å².